The van der Waals surface area contributed by atoms with E-state index < -0.39 is 0 Å². The predicted molar refractivity (Wildman–Crippen MR) is 80.7 cm³/mol. The second-order valence-corrected chi connectivity index (χ2v) is 6.75. The number of halogens is 1. The summed E-state index contributed by atoms with van der Waals surface area (Å²) in [7, 11) is 0. The van der Waals surface area contributed by atoms with Gasteiger partial charge in [-0.1, -0.05) is 0 Å². The normalized spacial score (nSPS) is 22.4. The van der Waals surface area contributed by atoms with E-state index in [2.05, 4.69) is 14.9 Å². The fourth-order valence-corrected chi connectivity index (χ4v) is 3.58. The first-order chi connectivity index (χ1) is 9.48. The Kier molecular flexibility index (Phi) is 3.58. The molecule has 2 aromatic heterocycles. The largest absolute Gasteiger partial charge is 0.394 e. The van der Waals surface area contributed by atoms with E-state index >= 15 is 0 Å². The highest BCUT2D eigenvalue weighted by Crippen LogP contribution is 2.32. The molecule has 0 saturated carbocycles. The molecule has 0 amide bonds. The average Bonchev–Trinajstić information content (AvgIpc) is 2.83. The fourth-order valence-electron chi connectivity index (χ4n) is 2.61. The Morgan fingerprint density at radius 3 is 3.10 bits per heavy atom. The molecule has 108 valence electrons. The van der Waals surface area contributed by atoms with Gasteiger partial charge < -0.3 is 14.7 Å². The number of anilines is 1. The van der Waals surface area contributed by atoms with Gasteiger partial charge in [-0.05, 0) is 36.9 Å². The summed E-state index contributed by atoms with van der Waals surface area (Å²) in [4.78, 5) is 11.6. The van der Waals surface area contributed by atoms with E-state index in [0.717, 1.165) is 16.0 Å². The van der Waals surface area contributed by atoms with Crippen LogP contribution in [0.4, 0.5) is 5.82 Å². The number of aliphatic hydroxyl groups is 1. The van der Waals surface area contributed by atoms with Crippen LogP contribution in [0.5, 0.6) is 0 Å². The Morgan fingerprint density at radius 2 is 2.35 bits per heavy atom. The van der Waals surface area contributed by atoms with Crippen molar-refractivity contribution >= 4 is 39.0 Å². The summed E-state index contributed by atoms with van der Waals surface area (Å²) in [6.45, 7) is 5.30. The van der Waals surface area contributed by atoms with Crippen molar-refractivity contribution in [1.29, 1.82) is 0 Å². The summed E-state index contributed by atoms with van der Waals surface area (Å²) >= 11 is 7.56. The van der Waals surface area contributed by atoms with Crippen molar-refractivity contribution < 1.29 is 9.84 Å². The molecule has 20 heavy (non-hydrogen) atoms. The molecule has 1 aliphatic rings. The number of thiophene rings is 1. The SMILES string of the molecule is CC1(C)CN(c2nc(Cl)nc3sccc23)CC(CO)O1. The third kappa shape index (κ3) is 2.61. The van der Waals surface area contributed by atoms with Crippen LogP contribution >= 0.6 is 22.9 Å². The summed E-state index contributed by atoms with van der Waals surface area (Å²) in [5.41, 5.74) is -0.342. The first-order valence-corrected chi connectivity index (χ1v) is 7.69. The molecule has 1 fully saturated rings. The maximum absolute atomic E-state index is 9.41. The fraction of sp³-hybridized carbons (Fsp3) is 0.538. The van der Waals surface area contributed by atoms with Gasteiger partial charge in [0.2, 0.25) is 5.28 Å². The van der Waals surface area contributed by atoms with Crippen LogP contribution in [0.3, 0.4) is 0 Å². The molecule has 1 unspecified atom stereocenters. The molecule has 0 aromatic carbocycles. The molecule has 1 saturated heterocycles. The monoisotopic (exact) mass is 313 g/mol. The number of rotatable bonds is 2. The molecule has 0 radical (unpaired) electrons. The lowest BCUT2D eigenvalue weighted by Gasteiger charge is -2.43. The van der Waals surface area contributed by atoms with Gasteiger partial charge in [0.1, 0.15) is 10.6 Å². The van der Waals surface area contributed by atoms with Crippen LogP contribution < -0.4 is 4.90 Å². The minimum Gasteiger partial charge on any atom is -0.394 e. The number of aromatic nitrogens is 2. The lowest BCUT2D eigenvalue weighted by Crippen LogP contribution is -2.54. The highest BCUT2D eigenvalue weighted by atomic mass is 35.5. The van der Waals surface area contributed by atoms with Crippen LogP contribution in [-0.2, 0) is 4.74 Å². The van der Waals surface area contributed by atoms with Crippen molar-refractivity contribution in [2.75, 3.05) is 24.6 Å². The summed E-state index contributed by atoms with van der Waals surface area (Å²) in [5, 5.41) is 12.6. The van der Waals surface area contributed by atoms with Gasteiger partial charge in [-0.25, -0.2) is 4.98 Å². The van der Waals surface area contributed by atoms with E-state index in [1.54, 1.807) is 11.3 Å². The van der Waals surface area contributed by atoms with Gasteiger partial charge >= 0.3 is 0 Å². The molecule has 1 atom stereocenters. The van der Waals surface area contributed by atoms with E-state index in [1.807, 2.05) is 25.3 Å². The van der Waals surface area contributed by atoms with Gasteiger partial charge in [0.05, 0.1) is 23.7 Å². The van der Waals surface area contributed by atoms with E-state index in [4.69, 9.17) is 16.3 Å². The highest BCUT2D eigenvalue weighted by molar-refractivity contribution is 7.16. The lowest BCUT2D eigenvalue weighted by molar-refractivity contribution is -0.101. The van der Waals surface area contributed by atoms with Gasteiger partial charge in [0.25, 0.3) is 0 Å². The maximum Gasteiger partial charge on any atom is 0.225 e. The smallest absolute Gasteiger partial charge is 0.225 e. The Hall–Kier alpha value is -0.950. The number of hydrogen-bond donors (Lipinski definition) is 1. The molecule has 1 aliphatic heterocycles. The molecule has 0 aliphatic carbocycles. The zero-order valence-electron chi connectivity index (χ0n) is 11.3. The second kappa shape index (κ2) is 5.11. The van der Waals surface area contributed by atoms with E-state index in [-0.39, 0.29) is 23.6 Å². The molecule has 2 aromatic rings. The van der Waals surface area contributed by atoms with Crippen molar-refractivity contribution in [3.05, 3.63) is 16.7 Å². The molecule has 3 rings (SSSR count). The Bertz CT molecular complexity index is 631. The van der Waals surface area contributed by atoms with Crippen molar-refractivity contribution in [2.24, 2.45) is 0 Å². The molecular weight excluding hydrogens is 298 g/mol. The van der Waals surface area contributed by atoms with E-state index in [1.165, 1.54) is 0 Å². The van der Waals surface area contributed by atoms with Crippen molar-refractivity contribution in [1.82, 2.24) is 9.97 Å². The molecule has 1 N–H and O–H groups in total. The minimum absolute atomic E-state index is 0.00841. The van der Waals surface area contributed by atoms with E-state index in [9.17, 15) is 5.11 Å². The number of morpholine rings is 1. The van der Waals surface area contributed by atoms with Crippen LogP contribution in [-0.4, -0.2) is 46.5 Å². The molecular formula is C13H16ClN3O2S. The summed E-state index contributed by atoms with van der Waals surface area (Å²) in [6.07, 6.45) is -0.221. The lowest BCUT2D eigenvalue weighted by atomic mass is 10.1. The molecule has 7 heteroatoms. The molecule has 5 nitrogen and oxygen atoms in total. The van der Waals surface area contributed by atoms with Crippen molar-refractivity contribution in [3.8, 4) is 0 Å². The minimum atomic E-state index is -0.342. The Balaban J connectivity index is 2.03. The van der Waals surface area contributed by atoms with Gasteiger partial charge in [0, 0.05) is 13.1 Å². The maximum atomic E-state index is 9.41. The van der Waals surface area contributed by atoms with Crippen molar-refractivity contribution in [3.63, 3.8) is 0 Å². The van der Waals surface area contributed by atoms with Gasteiger partial charge in [-0.2, -0.15) is 4.98 Å². The van der Waals surface area contributed by atoms with Crippen molar-refractivity contribution in [2.45, 2.75) is 25.6 Å². The van der Waals surface area contributed by atoms with Gasteiger partial charge in [-0.3, -0.25) is 0 Å². The summed E-state index contributed by atoms with van der Waals surface area (Å²) < 4.78 is 5.83. The zero-order chi connectivity index (χ0) is 14.3. The highest BCUT2D eigenvalue weighted by Gasteiger charge is 2.34. The number of aliphatic hydroxyl groups excluding tert-OH is 1. The van der Waals surface area contributed by atoms with E-state index in [0.29, 0.717) is 13.1 Å². The van der Waals surface area contributed by atoms with Crippen LogP contribution in [0, 0.1) is 0 Å². The average molecular weight is 314 g/mol. The Labute approximate surface area is 126 Å². The first-order valence-electron chi connectivity index (χ1n) is 6.43. The topological polar surface area (TPSA) is 58.5 Å². The predicted octanol–water partition coefficient (Wildman–Crippen LogP) is 2.32. The third-order valence-electron chi connectivity index (χ3n) is 3.26. The standard InChI is InChI=1S/C13H16ClN3O2S/c1-13(2)7-17(5-8(6-18)19-13)10-9-3-4-20-11(9)16-12(14)15-10/h3-4,8,18H,5-7H2,1-2H3. The van der Waals surface area contributed by atoms with Crippen LogP contribution in [0.15, 0.2) is 11.4 Å². The third-order valence-corrected chi connectivity index (χ3v) is 4.24. The number of ether oxygens (including phenoxy) is 1. The van der Waals surface area contributed by atoms with Crippen LogP contribution in [0.25, 0.3) is 10.2 Å². The molecule has 0 bridgehead atoms. The number of hydrogen-bond acceptors (Lipinski definition) is 6. The molecule has 0 spiro atoms. The molecule has 3 heterocycles. The van der Waals surface area contributed by atoms with Crippen LogP contribution in [0.1, 0.15) is 13.8 Å². The second-order valence-electron chi connectivity index (χ2n) is 5.52. The summed E-state index contributed by atoms with van der Waals surface area (Å²) in [5.74, 6) is 0.816. The summed E-state index contributed by atoms with van der Waals surface area (Å²) in [6, 6.07) is 2.00. The quantitative estimate of drug-likeness (QED) is 0.862. The number of nitrogens with zero attached hydrogens (tertiary/aromatic N) is 3. The van der Waals surface area contributed by atoms with Gasteiger partial charge in [-0.15, -0.1) is 11.3 Å². The zero-order valence-corrected chi connectivity index (χ0v) is 12.9. The van der Waals surface area contributed by atoms with Gasteiger partial charge in [0.15, 0.2) is 0 Å². The Morgan fingerprint density at radius 1 is 1.55 bits per heavy atom. The van der Waals surface area contributed by atoms with Crippen LogP contribution in [0.2, 0.25) is 5.28 Å². The first kappa shape index (κ1) is 14.0. The number of fused-ring (bicyclic) bond motifs is 1.